The summed E-state index contributed by atoms with van der Waals surface area (Å²) < 4.78 is 0. The molecular formula is C26H34N4O2. The molecule has 0 unspecified atom stereocenters. The van der Waals surface area contributed by atoms with Crippen LogP contribution in [0, 0.1) is 12.8 Å². The third kappa shape index (κ3) is 4.54. The highest BCUT2D eigenvalue weighted by atomic mass is 16.2. The Bertz CT molecular complexity index is 961. The topological polar surface area (TPSA) is 75.2 Å². The number of hydrogen-bond acceptors (Lipinski definition) is 4. The molecule has 32 heavy (non-hydrogen) atoms. The first kappa shape index (κ1) is 22.4. The van der Waals surface area contributed by atoms with Crippen LogP contribution < -0.4 is 5.32 Å². The molecule has 2 aromatic rings. The van der Waals surface area contributed by atoms with Crippen LogP contribution in [0.25, 0.3) is 0 Å². The number of hydrogen-bond donors (Lipinski definition) is 1. The number of amides is 2. The summed E-state index contributed by atoms with van der Waals surface area (Å²) in [5, 5.41) is 2.65. The maximum atomic E-state index is 13.7. The van der Waals surface area contributed by atoms with Crippen molar-refractivity contribution in [2.75, 3.05) is 20.1 Å². The molecular weight excluding hydrogens is 400 g/mol. The van der Waals surface area contributed by atoms with Crippen molar-refractivity contribution in [3.05, 3.63) is 59.2 Å². The summed E-state index contributed by atoms with van der Waals surface area (Å²) in [5.74, 6) is 1.17. The van der Waals surface area contributed by atoms with Gasteiger partial charge in [0.25, 0.3) is 5.91 Å². The first-order valence-electron chi connectivity index (χ1n) is 11.8. The lowest BCUT2D eigenvalue weighted by molar-refractivity contribution is -0.135. The molecule has 6 nitrogen and oxygen atoms in total. The van der Waals surface area contributed by atoms with Crippen LogP contribution in [0.15, 0.2) is 36.4 Å². The highest BCUT2D eigenvalue weighted by Gasteiger charge is 2.40. The fourth-order valence-corrected chi connectivity index (χ4v) is 5.29. The quantitative estimate of drug-likeness (QED) is 0.772. The normalized spacial score (nSPS) is 19.5. The number of aryl methyl sites for hydroxylation is 1. The first-order chi connectivity index (χ1) is 15.4. The highest BCUT2D eigenvalue weighted by molar-refractivity contribution is 5.92. The summed E-state index contributed by atoms with van der Waals surface area (Å²) in [6.45, 7) is 5.44. The SMILES string of the molecule is CNC(=O)c1cc(C)nc(C2(C)CCN(C(=O)[C@H](c3ccccc3)C3CCCC3)CC2)n1. The number of aromatic nitrogens is 2. The molecule has 1 saturated carbocycles. The maximum absolute atomic E-state index is 13.7. The van der Waals surface area contributed by atoms with Crippen molar-refractivity contribution in [2.45, 2.75) is 63.7 Å². The Kier molecular flexibility index (Phi) is 6.58. The fourth-order valence-electron chi connectivity index (χ4n) is 5.29. The number of piperidine rings is 1. The van der Waals surface area contributed by atoms with E-state index in [1.54, 1.807) is 13.1 Å². The van der Waals surface area contributed by atoms with E-state index in [1.165, 1.54) is 12.8 Å². The van der Waals surface area contributed by atoms with Crippen molar-refractivity contribution in [3.63, 3.8) is 0 Å². The van der Waals surface area contributed by atoms with Crippen LogP contribution >= 0.6 is 0 Å². The van der Waals surface area contributed by atoms with Gasteiger partial charge in [-0.1, -0.05) is 50.1 Å². The number of benzene rings is 1. The van der Waals surface area contributed by atoms with Crippen LogP contribution in [-0.2, 0) is 10.2 Å². The van der Waals surface area contributed by atoms with E-state index in [0.717, 1.165) is 36.9 Å². The smallest absolute Gasteiger partial charge is 0.269 e. The summed E-state index contributed by atoms with van der Waals surface area (Å²) in [4.78, 5) is 37.1. The average molecular weight is 435 g/mol. The molecule has 1 saturated heterocycles. The van der Waals surface area contributed by atoms with Crippen LogP contribution in [0.1, 0.15) is 78.9 Å². The van der Waals surface area contributed by atoms with Gasteiger partial charge in [-0.3, -0.25) is 9.59 Å². The Morgan fingerprint density at radius 2 is 1.75 bits per heavy atom. The van der Waals surface area contributed by atoms with Crippen LogP contribution in [0.4, 0.5) is 0 Å². The molecule has 1 N–H and O–H groups in total. The lowest BCUT2D eigenvalue weighted by Crippen LogP contribution is -2.47. The summed E-state index contributed by atoms with van der Waals surface area (Å²) >= 11 is 0. The second kappa shape index (κ2) is 9.39. The van der Waals surface area contributed by atoms with Crippen molar-refractivity contribution in [1.29, 1.82) is 0 Å². The zero-order valence-corrected chi connectivity index (χ0v) is 19.4. The number of carbonyl (C=O) groups is 2. The van der Waals surface area contributed by atoms with Crippen molar-refractivity contribution < 1.29 is 9.59 Å². The van der Waals surface area contributed by atoms with Crippen LogP contribution in [0.5, 0.6) is 0 Å². The third-order valence-corrected chi connectivity index (χ3v) is 7.33. The molecule has 1 aromatic carbocycles. The molecule has 2 heterocycles. The van der Waals surface area contributed by atoms with E-state index >= 15 is 0 Å². The summed E-state index contributed by atoms with van der Waals surface area (Å²) in [6.07, 6.45) is 6.30. The molecule has 1 aliphatic heterocycles. The molecule has 0 bridgehead atoms. The second-order valence-corrected chi connectivity index (χ2v) is 9.62. The Labute approximate surface area is 190 Å². The van der Waals surface area contributed by atoms with E-state index in [-0.39, 0.29) is 23.1 Å². The highest BCUT2D eigenvalue weighted by Crippen LogP contribution is 2.40. The van der Waals surface area contributed by atoms with Gasteiger partial charge in [0.05, 0.1) is 5.92 Å². The molecule has 2 amide bonds. The Morgan fingerprint density at radius 3 is 2.38 bits per heavy atom. The van der Waals surface area contributed by atoms with Crippen molar-refractivity contribution >= 4 is 11.8 Å². The number of nitrogens with one attached hydrogen (secondary N) is 1. The van der Waals surface area contributed by atoms with Gasteiger partial charge in [0.2, 0.25) is 5.91 Å². The number of carbonyl (C=O) groups excluding carboxylic acids is 2. The molecule has 1 aliphatic carbocycles. The molecule has 6 heteroatoms. The van der Waals surface area contributed by atoms with Crippen molar-refractivity contribution in [2.24, 2.45) is 5.92 Å². The number of rotatable bonds is 5. The van der Waals surface area contributed by atoms with Gasteiger partial charge in [-0.2, -0.15) is 0 Å². The predicted molar refractivity (Wildman–Crippen MR) is 124 cm³/mol. The van der Waals surface area contributed by atoms with Gasteiger partial charge in [0.1, 0.15) is 11.5 Å². The van der Waals surface area contributed by atoms with Crippen LogP contribution in [0.3, 0.4) is 0 Å². The van der Waals surface area contributed by atoms with Gasteiger partial charge in [-0.15, -0.1) is 0 Å². The molecule has 4 rings (SSSR count). The van der Waals surface area contributed by atoms with Crippen LogP contribution in [-0.4, -0.2) is 46.8 Å². The molecule has 1 atom stereocenters. The Balaban J connectivity index is 1.51. The van der Waals surface area contributed by atoms with Gasteiger partial charge < -0.3 is 10.2 Å². The lowest BCUT2D eigenvalue weighted by atomic mass is 9.78. The largest absolute Gasteiger partial charge is 0.354 e. The van der Waals surface area contributed by atoms with Gasteiger partial charge in [-0.05, 0) is 50.2 Å². The standard InChI is InChI=1S/C26H34N4O2/c1-18-17-21(23(31)27-3)29-25(28-18)26(2)13-15-30(16-14-26)24(32)22(20-11-7-8-12-20)19-9-5-4-6-10-19/h4-6,9-10,17,20,22H,7-8,11-16H2,1-3H3,(H,27,31)/t22-/m1/s1. The third-order valence-electron chi connectivity index (χ3n) is 7.33. The molecule has 170 valence electrons. The lowest BCUT2D eigenvalue weighted by Gasteiger charge is -2.40. The van der Waals surface area contributed by atoms with Crippen LogP contribution in [0.2, 0.25) is 0 Å². The molecule has 0 radical (unpaired) electrons. The summed E-state index contributed by atoms with van der Waals surface area (Å²) in [6, 6.07) is 12.0. The van der Waals surface area contributed by atoms with Gasteiger partial charge in [0.15, 0.2) is 0 Å². The predicted octanol–water partition coefficient (Wildman–Crippen LogP) is 4.00. The van der Waals surface area contributed by atoms with E-state index in [0.29, 0.717) is 30.5 Å². The zero-order chi connectivity index (χ0) is 22.7. The molecule has 0 spiro atoms. The van der Waals surface area contributed by atoms with Gasteiger partial charge >= 0.3 is 0 Å². The van der Waals surface area contributed by atoms with Crippen molar-refractivity contribution in [3.8, 4) is 0 Å². The monoisotopic (exact) mass is 434 g/mol. The Morgan fingerprint density at radius 1 is 1.09 bits per heavy atom. The molecule has 2 aliphatic rings. The van der Waals surface area contributed by atoms with Crippen molar-refractivity contribution in [1.82, 2.24) is 20.2 Å². The average Bonchev–Trinajstić information content (AvgIpc) is 3.33. The van der Waals surface area contributed by atoms with E-state index in [9.17, 15) is 9.59 Å². The molecule has 2 fully saturated rings. The summed E-state index contributed by atoms with van der Waals surface area (Å²) in [5.41, 5.74) is 2.09. The number of likely N-dealkylation sites (tertiary alicyclic amines) is 1. The maximum Gasteiger partial charge on any atom is 0.269 e. The van der Waals surface area contributed by atoms with E-state index < -0.39 is 0 Å². The molecule has 1 aromatic heterocycles. The zero-order valence-electron chi connectivity index (χ0n) is 19.4. The van der Waals surface area contributed by atoms with E-state index in [1.807, 2.05) is 30.0 Å². The second-order valence-electron chi connectivity index (χ2n) is 9.62. The van der Waals surface area contributed by atoms with E-state index in [2.05, 4.69) is 34.3 Å². The first-order valence-corrected chi connectivity index (χ1v) is 11.8. The minimum atomic E-state index is -0.249. The fraction of sp³-hybridized carbons (Fsp3) is 0.538. The summed E-state index contributed by atoms with van der Waals surface area (Å²) in [7, 11) is 1.61. The van der Waals surface area contributed by atoms with Gasteiger partial charge in [-0.25, -0.2) is 9.97 Å². The minimum absolute atomic E-state index is 0.0434. The Hall–Kier alpha value is -2.76. The minimum Gasteiger partial charge on any atom is -0.354 e. The van der Waals surface area contributed by atoms with E-state index in [4.69, 9.17) is 0 Å². The van der Waals surface area contributed by atoms with Gasteiger partial charge in [0, 0.05) is 31.2 Å². The number of nitrogens with zero attached hydrogens (tertiary/aromatic N) is 3.